The van der Waals surface area contributed by atoms with Crippen LogP contribution >= 0.6 is 11.6 Å². The Morgan fingerprint density at radius 2 is 2.24 bits per heavy atom. The van der Waals surface area contributed by atoms with Gasteiger partial charge in [-0.3, -0.25) is 4.79 Å². The van der Waals surface area contributed by atoms with Gasteiger partial charge in [-0.15, -0.1) is 0 Å². The van der Waals surface area contributed by atoms with Gasteiger partial charge in [0.1, 0.15) is 16.5 Å². The quantitative estimate of drug-likeness (QED) is 0.891. The molecule has 0 radical (unpaired) electrons. The summed E-state index contributed by atoms with van der Waals surface area (Å²) in [6, 6.07) is 2.86. The fourth-order valence-corrected chi connectivity index (χ4v) is 2.79. The number of anilines is 1. The number of benzene rings is 1. The molecule has 3 rings (SSSR count). The van der Waals surface area contributed by atoms with Crippen LogP contribution in [0.4, 0.5) is 14.5 Å². The molecule has 6 nitrogen and oxygen atoms in total. The molecule has 25 heavy (non-hydrogen) atoms. The van der Waals surface area contributed by atoms with E-state index in [-0.39, 0.29) is 16.8 Å². The highest BCUT2D eigenvalue weighted by Crippen LogP contribution is 2.19. The first kappa shape index (κ1) is 17.8. The third kappa shape index (κ3) is 3.97. The number of nitrogens with zero attached hydrogens (tertiary/aromatic N) is 3. The van der Waals surface area contributed by atoms with Gasteiger partial charge in [0.05, 0.1) is 24.6 Å². The van der Waals surface area contributed by atoms with Gasteiger partial charge in [0, 0.05) is 25.7 Å². The molecule has 0 spiro atoms. The molecular formula is C16H17ClF2N4O2. The van der Waals surface area contributed by atoms with Crippen molar-refractivity contribution in [2.24, 2.45) is 0 Å². The Balaban J connectivity index is 1.79. The summed E-state index contributed by atoms with van der Waals surface area (Å²) in [6.07, 6.45) is 1.30. The number of morpholine rings is 1. The predicted molar refractivity (Wildman–Crippen MR) is 90.5 cm³/mol. The van der Waals surface area contributed by atoms with Crippen LogP contribution in [-0.2, 0) is 4.74 Å². The molecule has 0 bridgehead atoms. The predicted octanol–water partition coefficient (Wildman–Crippen LogP) is 1.91. The molecule has 134 valence electrons. The van der Waals surface area contributed by atoms with Crippen LogP contribution in [0.2, 0.25) is 5.02 Å². The molecule has 1 unspecified atom stereocenters. The molecule has 0 amide bonds. The summed E-state index contributed by atoms with van der Waals surface area (Å²) in [5.74, 6) is -1.64. The van der Waals surface area contributed by atoms with Crippen molar-refractivity contribution in [1.82, 2.24) is 14.7 Å². The van der Waals surface area contributed by atoms with E-state index in [9.17, 15) is 13.6 Å². The summed E-state index contributed by atoms with van der Waals surface area (Å²) in [7, 11) is 2.00. The molecule has 0 aliphatic carbocycles. The van der Waals surface area contributed by atoms with Crippen molar-refractivity contribution in [2.75, 3.05) is 38.6 Å². The summed E-state index contributed by atoms with van der Waals surface area (Å²) >= 11 is 6.09. The van der Waals surface area contributed by atoms with Crippen LogP contribution in [-0.4, -0.2) is 54.1 Å². The number of halogens is 3. The SMILES string of the molecule is CN1CCOC(CNc2cnn(-c3ccc(F)cc3F)c(=O)c2Cl)C1. The highest BCUT2D eigenvalue weighted by molar-refractivity contribution is 6.32. The van der Waals surface area contributed by atoms with Crippen molar-refractivity contribution in [1.29, 1.82) is 0 Å². The van der Waals surface area contributed by atoms with Gasteiger partial charge in [-0.2, -0.15) is 9.78 Å². The third-order valence-corrected chi connectivity index (χ3v) is 4.28. The number of hydrogen-bond acceptors (Lipinski definition) is 5. The maximum atomic E-state index is 13.9. The van der Waals surface area contributed by atoms with Gasteiger partial charge < -0.3 is 15.0 Å². The monoisotopic (exact) mass is 370 g/mol. The topological polar surface area (TPSA) is 59.4 Å². The first-order valence-electron chi connectivity index (χ1n) is 7.73. The van der Waals surface area contributed by atoms with Gasteiger partial charge in [0.15, 0.2) is 5.82 Å². The Morgan fingerprint density at radius 1 is 1.44 bits per heavy atom. The van der Waals surface area contributed by atoms with Gasteiger partial charge in [-0.05, 0) is 19.2 Å². The number of aromatic nitrogens is 2. The molecule has 1 saturated heterocycles. The van der Waals surface area contributed by atoms with Crippen LogP contribution < -0.4 is 10.9 Å². The highest BCUT2D eigenvalue weighted by Gasteiger charge is 2.19. The van der Waals surface area contributed by atoms with Gasteiger partial charge in [0.25, 0.3) is 5.56 Å². The van der Waals surface area contributed by atoms with Gasteiger partial charge in [0.2, 0.25) is 0 Å². The van der Waals surface area contributed by atoms with Crippen molar-refractivity contribution in [3.8, 4) is 5.69 Å². The van der Waals surface area contributed by atoms with Crippen molar-refractivity contribution >= 4 is 17.3 Å². The fraction of sp³-hybridized carbons (Fsp3) is 0.375. The van der Waals surface area contributed by atoms with E-state index in [4.69, 9.17) is 16.3 Å². The molecule has 2 aromatic rings. The maximum absolute atomic E-state index is 13.9. The molecule has 2 heterocycles. The Morgan fingerprint density at radius 3 is 2.96 bits per heavy atom. The lowest BCUT2D eigenvalue weighted by molar-refractivity contribution is -0.0117. The van der Waals surface area contributed by atoms with Gasteiger partial charge in [-0.25, -0.2) is 8.78 Å². The van der Waals surface area contributed by atoms with Crippen molar-refractivity contribution in [2.45, 2.75) is 6.10 Å². The Kier molecular flexibility index (Phi) is 5.31. The highest BCUT2D eigenvalue weighted by atomic mass is 35.5. The molecule has 1 atom stereocenters. The molecule has 1 fully saturated rings. The minimum atomic E-state index is -0.898. The molecule has 1 aromatic heterocycles. The lowest BCUT2D eigenvalue weighted by Gasteiger charge is -2.30. The molecule has 9 heteroatoms. The first-order chi connectivity index (χ1) is 12.0. The fourth-order valence-electron chi connectivity index (χ4n) is 2.59. The van der Waals surface area contributed by atoms with E-state index in [2.05, 4.69) is 15.3 Å². The zero-order chi connectivity index (χ0) is 18.0. The second kappa shape index (κ2) is 7.47. The van der Waals surface area contributed by atoms with Crippen LogP contribution in [0.15, 0.2) is 29.2 Å². The normalized spacial score (nSPS) is 18.3. The van der Waals surface area contributed by atoms with E-state index < -0.39 is 17.2 Å². The lowest BCUT2D eigenvalue weighted by atomic mass is 10.2. The number of hydrogen-bond donors (Lipinski definition) is 1. The molecule has 1 aliphatic rings. The molecule has 0 saturated carbocycles. The van der Waals surface area contributed by atoms with Crippen molar-refractivity contribution in [3.05, 3.63) is 51.4 Å². The van der Waals surface area contributed by atoms with Crippen molar-refractivity contribution in [3.63, 3.8) is 0 Å². The zero-order valence-corrected chi connectivity index (χ0v) is 14.3. The standard InChI is InChI=1S/C16H17ClF2N4O2/c1-22-4-5-25-11(9-22)7-20-13-8-21-23(16(24)15(13)17)14-3-2-10(18)6-12(14)19/h2-3,6,8,11,20H,4-5,7,9H2,1H3. The Labute approximate surface area is 148 Å². The average molecular weight is 371 g/mol. The first-order valence-corrected chi connectivity index (χ1v) is 8.11. The molecule has 1 aliphatic heterocycles. The van der Waals surface area contributed by atoms with Crippen LogP contribution in [0, 0.1) is 11.6 Å². The largest absolute Gasteiger partial charge is 0.380 e. The van der Waals surface area contributed by atoms with E-state index in [0.29, 0.717) is 24.9 Å². The van der Waals surface area contributed by atoms with Crippen LogP contribution in [0.3, 0.4) is 0 Å². The number of rotatable bonds is 4. The zero-order valence-electron chi connectivity index (χ0n) is 13.5. The third-order valence-electron chi connectivity index (χ3n) is 3.92. The number of ether oxygens (including phenoxy) is 1. The number of likely N-dealkylation sites (N-methyl/N-ethyl adjacent to an activating group) is 1. The van der Waals surface area contributed by atoms with E-state index >= 15 is 0 Å². The minimum absolute atomic E-state index is 0.0354. The maximum Gasteiger partial charge on any atom is 0.292 e. The van der Waals surface area contributed by atoms with E-state index in [1.165, 1.54) is 6.20 Å². The second-order valence-corrected chi connectivity index (χ2v) is 6.20. The van der Waals surface area contributed by atoms with Crippen molar-refractivity contribution < 1.29 is 13.5 Å². The van der Waals surface area contributed by atoms with Gasteiger partial charge in [-0.1, -0.05) is 11.6 Å². The molecular weight excluding hydrogens is 354 g/mol. The van der Waals surface area contributed by atoms with Gasteiger partial charge >= 0.3 is 0 Å². The van der Waals surface area contributed by atoms with E-state index in [1.54, 1.807) is 0 Å². The smallest absolute Gasteiger partial charge is 0.292 e. The molecule has 1 N–H and O–H groups in total. The van der Waals surface area contributed by atoms with E-state index in [1.807, 2.05) is 7.05 Å². The van der Waals surface area contributed by atoms with Crippen LogP contribution in [0.1, 0.15) is 0 Å². The Hall–Kier alpha value is -2.03. The summed E-state index contributed by atoms with van der Waals surface area (Å²) < 4.78 is 33.3. The Bertz CT molecular complexity index is 830. The summed E-state index contributed by atoms with van der Waals surface area (Å²) in [4.78, 5) is 14.5. The summed E-state index contributed by atoms with van der Waals surface area (Å²) in [6.45, 7) is 2.73. The summed E-state index contributed by atoms with van der Waals surface area (Å²) in [5, 5.41) is 6.83. The van der Waals surface area contributed by atoms with E-state index in [0.717, 1.165) is 29.9 Å². The molecule has 1 aromatic carbocycles. The van der Waals surface area contributed by atoms with Crippen LogP contribution in [0.25, 0.3) is 5.69 Å². The minimum Gasteiger partial charge on any atom is -0.380 e. The lowest BCUT2D eigenvalue weighted by Crippen LogP contribution is -2.43. The average Bonchev–Trinajstić information content (AvgIpc) is 2.57. The summed E-state index contributed by atoms with van der Waals surface area (Å²) in [5.41, 5.74) is -0.529. The van der Waals surface area contributed by atoms with Crippen LogP contribution in [0.5, 0.6) is 0 Å². The number of nitrogens with one attached hydrogen (secondary N) is 1. The second-order valence-electron chi connectivity index (χ2n) is 5.82.